The fourth-order valence-electron chi connectivity index (χ4n) is 1.91. The second kappa shape index (κ2) is 7.52. The molecule has 1 amide bonds. The number of hydrogen-bond donors (Lipinski definition) is 1. The number of nitriles is 1. The van der Waals surface area contributed by atoms with E-state index in [4.69, 9.17) is 5.26 Å². The molecule has 6 heteroatoms. The lowest BCUT2D eigenvalue weighted by molar-refractivity contribution is -0.384. The van der Waals surface area contributed by atoms with Crippen molar-refractivity contribution >= 4 is 17.7 Å². The molecule has 6 nitrogen and oxygen atoms in total. The first-order valence-electron chi connectivity index (χ1n) is 6.78. The normalized spacial score (nSPS) is 10.2. The molecule has 0 radical (unpaired) electrons. The second-order valence-electron chi connectivity index (χ2n) is 4.72. The average molecular weight is 307 g/mol. The molecule has 0 aliphatic rings. The third-order valence-corrected chi connectivity index (χ3v) is 3.03. The van der Waals surface area contributed by atoms with Crippen molar-refractivity contribution in [1.29, 1.82) is 5.26 Å². The molecule has 0 saturated heterocycles. The lowest BCUT2D eigenvalue weighted by Gasteiger charge is -2.02. The van der Waals surface area contributed by atoms with Crippen molar-refractivity contribution in [3.05, 3.63) is 81.4 Å². The van der Waals surface area contributed by atoms with Crippen LogP contribution in [0.2, 0.25) is 0 Å². The molecule has 0 bridgehead atoms. The van der Waals surface area contributed by atoms with Gasteiger partial charge >= 0.3 is 0 Å². The van der Waals surface area contributed by atoms with E-state index < -0.39 is 4.92 Å². The standard InChI is InChI=1S/C17H13N3O3/c18-11-14-4-1-5-15(9-14)12-19-17(21)8-7-13-3-2-6-16(10-13)20(22)23/h1-10H,12H2,(H,19,21)/b8-7+. The minimum atomic E-state index is -0.487. The van der Waals surface area contributed by atoms with Gasteiger partial charge < -0.3 is 5.32 Å². The molecule has 0 spiro atoms. The van der Waals surface area contributed by atoms with Crippen LogP contribution in [0.3, 0.4) is 0 Å². The van der Waals surface area contributed by atoms with Crippen LogP contribution in [0.4, 0.5) is 5.69 Å². The smallest absolute Gasteiger partial charge is 0.270 e. The van der Waals surface area contributed by atoms with Crippen LogP contribution in [0.5, 0.6) is 0 Å². The highest BCUT2D eigenvalue weighted by Crippen LogP contribution is 2.14. The third-order valence-electron chi connectivity index (χ3n) is 3.03. The van der Waals surface area contributed by atoms with Crippen LogP contribution in [0, 0.1) is 21.4 Å². The molecule has 0 aliphatic carbocycles. The first-order valence-corrected chi connectivity index (χ1v) is 6.78. The highest BCUT2D eigenvalue weighted by atomic mass is 16.6. The van der Waals surface area contributed by atoms with Crippen molar-refractivity contribution in [3.8, 4) is 6.07 Å². The largest absolute Gasteiger partial charge is 0.348 e. The van der Waals surface area contributed by atoms with Gasteiger partial charge in [0.05, 0.1) is 16.6 Å². The van der Waals surface area contributed by atoms with E-state index in [0.29, 0.717) is 17.7 Å². The van der Waals surface area contributed by atoms with E-state index in [1.54, 1.807) is 30.3 Å². The van der Waals surface area contributed by atoms with Gasteiger partial charge in [-0.25, -0.2) is 0 Å². The van der Waals surface area contributed by atoms with Crippen molar-refractivity contribution in [3.63, 3.8) is 0 Å². The zero-order chi connectivity index (χ0) is 16.7. The lowest BCUT2D eigenvalue weighted by Crippen LogP contribution is -2.20. The summed E-state index contributed by atoms with van der Waals surface area (Å²) in [7, 11) is 0. The molecule has 2 rings (SSSR count). The molecule has 2 aromatic rings. The maximum Gasteiger partial charge on any atom is 0.270 e. The fourth-order valence-corrected chi connectivity index (χ4v) is 1.91. The lowest BCUT2D eigenvalue weighted by atomic mass is 10.1. The molecule has 0 fully saturated rings. The summed E-state index contributed by atoms with van der Waals surface area (Å²) in [5.74, 6) is -0.320. The molecule has 0 aromatic heterocycles. The predicted molar refractivity (Wildman–Crippen MR) is 85.1 cm³/mol. The molecular weight excluding hydrogens is 294 g/mol. The number of nitro benzene ring substituents is 1. The molecular formula is C17H13N3O3. The van der Waals surface area contributed by atoms with E-state index in [1.165, 1.54) is 24.3 Å². The number of benzene rings is 2. The van der Waals surface area contributed by atoms with Gasteiger partial charge in [-0.2, -0.15) is 5.26 Å². The summed E-state index contributed by atoms with van der Waals surface area (Å²) in [4.78, 5) is 22.0. The number of nitro groups is 1. The van der Waals surface area contributed by atoms with Crippen LogP contribution < -0.4 is 5.32 Å². The zero-order valence-corrected chi connectivity index (χ0v) is 12.1. The van der Waals surface area contributed by atoms with E-state index in [9.17, 15) is 14.9 Å². The van der Waals surface area contributed by atoms with Gasteiger partial charge in [0.1, 0.15) is 0 Å². The van der Waals surface area contributed by atoms with Crippen LogP contribution in [-0.4, -0.2) is 10.8 Å². The Kier molecular flexibility index (Phi) is 5.21. The summed E-state index contributed by atoms with van der Waals surface area (Å²) < 4.78 is 0. The van der Waals surface area contributed by atoms with E-state index in [1.807, 2.05) is 12.1 Å². The molecule has 2 aromatic carbocycles. The topological polar surface area (TPSA) is 96.0 Å². The predicted octanol–water partition coefficient (Wildman–Crippen LogP) is 2.80. The average Bonchev–Trinajstić information content (AvgIpc) is 2.58. The Morgan fingerprint density at radius 2 is 2.04 bits per heavy atom. The van der Waals surface area contributed by atoms with Crippen molar-refractivity contribution in [2.45, 2.75) is 6.54 Å². The Morgan fingerprint density at radius 3 is 2.78 bits per heavy atom. The van der Waals surface area contributed by atoms with Gasteiger partial charge in [-0.3, -0.25) is 14.9 Å². The maximum absolute atomic E-state index is 11.8. The van der Waals surface area contributed by atoms with Gasteiger partial charge in [0.2, 0.25) is 5.91 Å². The first kappa shape index (κ1) is 15.9. The highest BCUT2D eigenvalue weighted by Gasteiger charge is 2.04. The van der Waals surface area contributed by atoms with Crippen molar-refractivity contribution in [1.82, 2.24) is 5.32 Å². The van der Waals surface area contributed by atoms with Crippen molar-refractivity contribution < 1.29 is 9.72 Å². The number of amides is 1. The Labute approximate surface area is 132 Å². The molecule has 0 saturated carbocycles. The Hall–Kier alpha value is -3.46. The van der Waals surface area contributed by atoms with Crippen LogP contribution in [-0.2, 0) is 11.3 Å². The number of carbonyl (C=O) groups is 1. The Bertz CT molecular complexity index is 807. The van der Waals surface area contributed by atoms with E-state index >= 15 is 0 Å². The number of hydrogen-bond acceptors (Lipinski definition) is 4. The van der Waals surface area contributed by atoms with Crippen molar-refractivity contribution in [2.24, 2.45) is 0 Å². The van der Waals surface area contributed by atoms with Crippen LogP contribution in [0.15, 0.2) is 54.6 Å². The zero-order valence-electron chi connectivity index (χ0n) is 12.1. The number of carbonyl (C=O) groups excluding carboxylic acids is 1. The summed E-state index contributed by atoms with van der Waals surface area (Å²) in [5, 5.41) is 22.2. The summed E-state index contributed by atoms with van der Waals surface area (Å²) in [6.07, 6.45) is 2.82. The van der Waals surface area contributed by atoms with Crippen LogP contribution >= 0.6 is 0 Å². The number of non-ortho nitro benzene ring substituents is 1. The van der Waals surface area contributed by atoms with E-state index in [0.717, 1.165) is 5.56 Å². The van der Waals surface area contributed by atoms with Crippen LogP contribution in [0.25, 0.3) is 6.08 Å². The van der Waals surface area contributed by atoms with Gasteiger partial charge in [-0.1, -0.05) is 24.3 Å². The minimum absolute atomic E-state index is 0.0270. The Morgan fingerprint density at radius 1 is 1.26 bits per heavy atom. The molecule has 114 valence electrons. The molecule has 0 heterocycles. The quantitative estimate of drug-likeness (QED) is 0.522. The molecule has 23 heavy (non-hydrogen) atoms. The number of nitrogens with zero attached hydrogens (tertiary/aromatic N) is 2. The van der Waals surface area contributed by atoms with E-state index in [-0.39, 0.29) is 11.6 Å². The summed E-state index contributed by atoms with van der Waals surface area (Å²) in [6, 6.07) is 15.0. The second-order valence-corrected chi connectivity index (χ2v) is 4.72. The molecule has 0 unspecified atom stereocenters. The van der Waals surface area contributed by atoms with Crippen LogP contribution in [0.1, 0.15) is 16.7 Å². The SMILES string of the molecule is N#Cc1cccc(CNC(=O)/C=C/c2cccc([N+](=O)[O-])c2)c1. The molecule has 1 N–H and O–H groups in total. The third kappa shape index (κ3) is 4.79. The van der Waals surface area contributed by atoms with E-state index in [2.05, 4.69) is 5.32 Å². The highest BCUT2D eigenvalue weighted by molar-refractivity contribution is 5.91. The van der Waals surface area contributed by atoms with Gasteiger partial charge in [0.15, 0.2) is 0 Å². The summed E-state index contributed by atoms with van der Waals surface area (Å²) in [5.41, 5.74) is 1.90. The van der Waals surface area contributed by atoms with Gasteiger partial charge in [0, 0.05) is 24.8 Å². The van der Waals surface area contributed by atoms with Gasteiger partial charge in [-0.05, 0) is 29.3 Å². The molecule has 0 aliphatic heterocycles. The number of nitrogens with one attached hydrogen (secondary N) is 1. The molecule has 0 atom stereocenters. The van der Waals surface area contributed by atoms with Gasteiger partial charge in [0.25, 0.3) is 5.69 Å². The Balaban J connectivity index is 1.95. The minimum Gasteiger partial charge on any atom is -0.348 e. The van der Waals surface area contributed by atoms with Gasteiger partial charge in [-0.15, -0.1) is 0 Å². The monoisotopic (exact) mass is 307 g/mol. The number of rotatable bonds is 5. The van der Waals surface area contributed by atoms with Crippen molar-refractivity contribution in [2.75, 3.05) is 0 Å². The first-order chi connectivity index (χ1) is 11.1. The summed E-state index contributed by atoms with van der Waals surface area (Å²) in [6.45, 7) is 0.299. The maximum atomic E-state index is 11.8. The fraction of sp³-hybridized carbons (Fsp3) is 0.0588. The summed E-state index contributed by atoms with van der Waals surface area (Å²) >= 11 is 0.